The third-order valence-corrected chi connectivity index (χ3v) is 3.46. The lowest BCUT2D eigenvalue weighted by atomic mass is 10.2. The quantitative estimate of drug-likeness (QED) is 0.565. The number of nitrogens with one attached hydrogen (secondary N) is 1. The lowest BCUT2D eigenvalue weighted by Crippen LogP contribution is -2.35. The van der Waals surface area contributed by atoms with Gasteiger partial charge >= 0.3 is 6.18 Å². The monoisotopic (exact) mass is 384 g/mol. The first kappa shape index (κ1) is 20.2. The molecule has 0 spiro atoms. The van der Waals surface area contributed by atoms with Crippen LogP contribution in [0.5, 0.6) is 5.75 Å². The number of aliphatic hydroxyl groups is 1. The van der Waals surface area contributed by atoms with E-state index < -0.39 is 28.7 Å². The van der Waals surface area contributed by atoms with E-state index in [1.54, 1.807) is 0 Å². The minimum atomic E-state index is -4.44. The van der Waals surface area contributed by atoms with Gasteiger partial charge in [0.2, 0.25) is 0 Å². The molecule has 27 heavy (non-hydrogen) atoms. The molecule has 2 rings (SSSR count). The van der Waals surface area contributed by atoms with Gasteiger partial charge < -0.3 is 15.2 Å². The molecule has 1 amide bonds. The summed E-state index contributed by atoms with van der Waals surface area (Å²) in [5, 5.41) is 22.8. The molecule has 0 bridgehead atoms. The smallest absolute Gasteiger partial charge is 0.416 e. The molecule has 7 nitrogen and oxygen atoms in total. The van der Waals surface area contributed by atoms with Crippen LogP contribution in [0.4, 0.5) is 18.9 Å². The number of nitro groups is 1. The number of carbonyl (C=O) groups excluding carboxylic acids is 1. The van der Waals surface area contributed by atoms with Crippen LogP contribution in [-0.4, -0.2) is 35.2 Å². The summed E-state index contributed by atoms with van der Waals surface area (Å²) in [5.41, 5.74) is -0.793. The van der Waals surface area contributed by atoms with Crippen molar-refractivity contribution in [2.45, 2.75) is 12.3 Å². The van der Waals surface area contributed by atoms with Crippen molar-refractivity contribution in [2.24, 2.45) is 0 Å². The molecule has 0 aliphatic carbocycles. The molecular weight excluding hydrogens is 369 g/mol. The third-order valence-electron chi connectivity index (χ3n) is 3.46. The first-order valence-electron chi connectivity index (χ1n) is 7.67. The molecule has 0 aromatic heterocycles. The molecule has 144 valence electrons. The summed E-state index contributed by atoms with van der Waals surface area (Å²) in [7, 11) is 0. The van der Waals surface area contributed by atoms with Gasteiger partial charge in [-0.15, -0.1) is 0 Å². The van der Waals surface area contributed by atoms with E-state index in [-0.39, 0.29) is 30.2 Å². The Labute approximate surface area is 151 Å². The molecular formula is C17H15F3N2O5. The predicted molar refractivity (Wildman–Crippen MR) is 88.4 cm³/mol. The van der Waals surface area contributed by atoms with Crippen molar-refractivity contribution < 1.29 is 32.7 Å². The number of aliphatic hydroxyl groups excluding tert-OH is 1. The van der Waals surface area contributed by atoms with Gasteiger partial charge in [0.15, 0.2) is 0 Å². The van der Waals surface area contributed by atoms with E-state index in [1.165, 1.54) is 24.3 Å². The number of alkyl halides is 3. The molecule has 2 N–H and O–H groups in total. The molecule has 2 aromatic carbocycles. The van der Waals surface area contributed by atoms with Crippen molar-refractivity contribution in [3.05, 3.63) is 69.8 Å². The van der Waals surface area contributed by atoms with Crippen LogP contribution in [0.2, 0.25) is 0 Å². The van der Waals surface area contributed by atoms with Gasteiger partial charge in [0.25, 0.3) is 11.6 Å². The lowest BCUT2D eigenvalue weighted by molar-refractivity contribution is -0.384. The lowest BCUT2D eigenvalue weighted by Gasteiger charge is -2.14. The third kappa shape index (κ3) is 5.96. The fourth-order valence-electron chi connectivity index (χ4n) is 2.04. The second-order valence-corrected chi connectivity index (χ2v) is 5.50. The van der Waals surface area contributed by atoms with Crippen molar-refractivity contribution in [2.75, 3.05) is 13.2 Å². The van der Waals surface area contributed by atoms with E-state index >= 15 is 0 Å². The zero-order chi connectivity index (χ0) is 20.0. The van der Waals surface area contributed by atoms with E-state index in [4.69, 9.17) is 4.74 Å². The van der Waals surface area contributed by atoms with Gasteiger partial charge in [-0.25, -0.2) is 0 Å². The summed E-state index contributed by atoms with van der Waals surface area (Å²) < 4.78 is 42.5. The Hall–Kier alpha value is -3.14. The molecule has 1 atom stereocenters. The van der Waals surface area contributed by atoms with Crippen LogP contribution in [0, 0.1) is 10.1 Å². The molecule has 2 aromatic rings. The zero-order valence-electron chi connectivity index (χ0n) is 13.8. The van der Waals surface area contributed by atoms with Gasteiger partial charge in [0.1, 0.15) is 18.5 Å². The number of hydrogen-bond donors (Lipinski definition) is 2. The van der Waals surface area contributed by atoms with E-state index in [9.17, 15) is 33.2 Å². The first-order chi connectivity index (χ1) is 12.7. The van der Waals surface area contributed by atoms with Crippen molar-refractivity contribution in [3.63, 3.8) is 0 Å². The number of nitro benzene ring substituents is 1. The Morgan fingerprint density at radius 2 is 1.74 bits per heavy atom. The van der Waals surface area contributed by atoms with Crippen LogP contribution in [-0.2, 0) is 6.18 Å². The fraction of sp³-hybridized carbons (Fsp3) is 0.235. The van der Waals surface area contributed by atoms with Crippen LogP contribution in [0.1, 0.15) is 15.9 Å². The first-order valence-corrected chi connectivity index (χ1v) is 7.67. The standard InChI is InChI=1S/C17H15F3N2O5/c18-17(19,20)12-3-7-15(8-4-12)27-10-14(23)9-21-16(24)11-1-5-13(6-2-11)22(25)26/h1-8,14,23H,9-10H2,(H,21,24). The number of halogens is 3. The second kappa shape index (κ2) is 8.49. The maximum absolute atomic E-state index is 12.5. The van der Waals surface area contributed by atoms with Gasteiger partial charge in [-0.1, -0.05) is 0 Å². The molecule has 10 heteroatoms. The highest BCUT2D eigenvalue weighted by Gasteiger charge is 2.30. The number of hydrogen-bond acceptors (Lipinski definition) is 5. The molecule has 0 saturated heterocycles. The number of ether oxygens (including phenoxy) is 1. The maximum Gasteiger partial charge on any atom is 0.416 e. The van der Waals surface area contributed by atoms with Crippen LogP contribution < -0.4 is 10.1 Å². The summed E-state index contributed by atoms with van der Waals surface area (Å²) in [5.74, 6) is -0.401. The Morgan fingerprint density at radius 3 is 2.26 bits per heavy atom. The van der Waals surface area contributed by atoms with Crippen molar-refractivity contribution in [3.8, 4) is 5.75 Å². The Bertz CT molecular complexity index is 792. The van der Waals surface area contributed by atoms with Gasteiger partial charge in [0.05, 0.1) is 10.5 Å². The number of amides is 1. The van der Waals surface area contributed by atoms with Crippen LogP contribution in [0.15, 0.2) is 48.5 Å². The molecule has 0 heterocycles. The van der Waals surface area contributed by atoms with Gasteiger partial charge in [-0.05, 0) is 36.4 Å². The topological polar surface area (TPSA) is 102 Å². The van der Waals surface area contributed by atoms with E-state index in [2.05, 4.69) is 5.32 Å². The normalized spacial score (nSPS) is 12.3. The summed E-state index contributed by atoms with van der Waals surface area (Å²) >= 11 is 0. The summed E-state index contributed by atoms with van der Waals surface area (Å²) in [6, 6.07) is 8.89. The Morgan fingerprint density at radius 1 is 1.15 bits per heavy atom. The van der Waals surface area contributed by atoms with Crippen LogP contribution in [0.25, 0.3) is 0 Å². The molecule has 1 unspecified atom stereocenters. The number of non-ortho nitro benzene ring substituents is 1. The van der Waals surface area contributed by atoms with Crippen LogP contribution >= 0.6 is 0 Å². The van der Waals surface area contributed by atoms with E-state index in [1.807, 2.05) is 0 Å². The average Bonchev–Trinajstić information content (AvgIpc) is 2.64. The molecule has 0 aliphatic rings. The summed E-state index contributed by atoms with van der Waals surface area (Å²) in [6.45, 7) is -0.414. The highest BCUT2D eigenvalue weighted by molar-refractivity contribution is 5.94. The van der Waals surface area contributed by atoms with Crippen LogP contribution in [0.3, 0.4) is 0 Å². The SMILES string of the molecule is O=C(NCC(O)COc1ccc(C(F)(F)F)cc1)c1ccc([N+](=O)[O-])cc1. The minimum absolute atomic E-state index is 0.142. The fourth-order valence-corrected chi connectivity index (χ4v) is 2.04. The molecule has 0 saturated carbocycles. The van der Waals surface area contributed by atoms with E-state index in [0.717, 1.165) is 24.3 Å². The Kier molecular flexibility index (Phi) is 6.35. The molecule has 0 aliphatic heterocycles. The number of nitrogens with zero attached hydrogens (tertiary/aromatic N) is 1. The van der Waals surface area contributed by atoms with Gasteiger partial charge in [-0.3, -0.25) is 14.9 Å². The number of rotatable bonds is 7. The Balaban J connectivity index is 1.79. The maximum atomic E-state index is 12.5. The van der Waals surface area contributed by atoms with Crippen molar-refractivity contribution in [1.82, 2.24) is 5.32 Å². The van der Waals surface area contributed by atoms with Gasteiger partial charge in [-0.2, -0.15) is 13.2 Å². The second-order valence-electron chi connectivity index (χ2n) is 5.50. The molecule has 0 radical (unpaired) electrons. The van der Waals surface area contributed by atoms with Crippen molar-refractivity contribution in [1.29, 1.82) is 0 Å². The zero-order valence-corrected chi connectivity index (χ0v) is 13.8. The average molecular weight is 384 g/mol. The molecule has 0 fully saturated rings. The largest absolute Gasteiger partial charge is 0.491 e. The predicted octanol–water partition coefficient (Wildman–Crippen LogP) is 2.78. The minimum Gasteiger partial charge on any atom is -0.491 e. The highest BCUT2D eigenvalue weighted by Crippen LogP contribution is 2.30. The van der Waals surface area contributed by atoms with Crippen molar-refractivity contribution >= 4 is 11.6 Å². The summed E-state index contributed by atoms with van der Waals surface area (Å²) in [4.78, 5) is 21.9. The van der Waals surface area contributed by atoms with Gasteiger partial charge in [0, 0.05) is 24.2 Å². The summed E-state index contributed by atoms with van der Waals surface area (Å²) in [6.07, 6.45) is -5.55. The number of benzene rings is 2. The highest BCUT2D eigenvalue weighted by atomic mass is 19.4. The number of carbonyl (C=O) groups is 1. The van der Waals surface area contributed by atoms with E-state index in [0.29, 0.717) is 0 Å².